The Morgan fingerprint density at radius 2 is 1.59 bits per heavy atom. The first-order valence-electron chi connectivity index (χ1n) is 13.0. The molecule has 1 atom stereocenters. The molecule has 3 nitrogen and oxygen atoms in total. The molecule has 1 aliphatic heterocycles. The van der Waals surface area contributed by atoms with Crippen molar-refractivity contribution in [3.05, 3.63) is 71.0 Å². The number of benzene rings is 2. The van der Waals surface area contributed by atoms with E-state index in [1.165, 1.54) is 52.3 Å². The van der Waals surface area contributed by atoms with Crippen molar-refractivity contribution in [2.45, 2.75) is 85.1 Å². The van der Waals surface area contributed by atoms with Gasteiger partial charge in [0.2, 0.25) is 0 Å². The van der Waals surface area contributed by atoms with Crippen molar-refractivity contribution in [2.75, 3.05) is 20.1 Å². The number of nitrogens with zero attached hydrogens (tertiary/aromatic N) is 3. The van der Waals surface area contributed by atoms with Crippen LogP contribution in [-0.4, -0.2) is 29.6 Å². The SMILES string of the molecule is Cc1ccccc1-c1n(-c2c(C(C)C)cc(C3CCN(C)C3)cc2C(C)C)cc[n+]1C(C)(C)C. The first kappa shape index (κ1) is 24.7. The second-order valence-corrected chi connectivity index (χ2v) is 12.0. The average Bonchev–Trinajstić information content (AvgIpc) is 3.39. The van der Waals surface area contributed by atoms with Crippen molar-refractivity contribution in [3.63, 3.8) is 0 Å². The summed E-state index contributed by atoms with van der Waals surface area (Å²) in [4.78, 5) is 2.47. The number of imidazole rings is 1. The molecule has 1 aromatic heterocycles. The summed E-state index contributed by atoms with van der Waals surface area (Å²) in [5, 5.41) is 0. The molecule has 1 aliphatic rings. The molecule has 0 spiro atoms. The van der Waals surface area contributed by atoms with Crippen LogP contribution in [0.4, 0.5) is 0 Å². The van der Waals surface area contributed by atoms with Crippen LogP contribution in [0.1, 0.15) is 94.9 Å². The van der Waals surface area contributed by atoms with E-state index < -0.39 is 0 Å². The third-order valence-electron chi connectivity index (χ3n) is 7.47. The molecule has 1 fully saturated rings. The molecule has 0 amide bonds. The molecule has 0 saturated carbocycles. The first-order valence-corrected chi connectivity index (χ1v) is 13.0. The second-order valence-electron chi connectivity index (χ2n) is 12.0. The summed E-state index contributed by atoms with van der Waals surface area (Å²) in [6.07, 6.45) is 5.83. The number of rotatable bonds is 5. The van der Waals surface area contributed by atoms with Crippen LogP contribution < -0.4 is 4.57 Å². The van der Waals surface area contributed by atoms with Gasteiger partial charge in [0.25, 0.3) is 5.82 Å². The van der Waals surface area contributed by atoms with Crippen LogP contribution in [0.2, 0.25) is 0 Å². The minimum Gasteiger partial charge on any atom is -0.306 e. The maximum Gasteiger partial charge on any atom is 0.294 e. The Bertz CT molecular complexity index is 1130. The van der Waals surface area contributed by atoms with Crippen molar-refractivity contribution in [1.82, 2.24) is 9.47 Å². The van der Waals surface area contributed by atoms with Crippen molar-refractivity contribution in [1.29, 1.82) is 0 Å². The van der Waals surface area contributed by atoms with Crippen molar-refractivity contribution < 1.29 is 4.57 Å². The van der Waals surface area contributed by atoms with Crippen LogP contribution in [0.3, 0.4) is 0 Å². The van der Waals surface area contributed by atoms with Gasteiger partial charge in [0.05, 0.1) is 5.56 Å². The molecule has 2 aromatic carbocycles. The molecule has 0 N–H and O–H groups in total. The predicted molar refractivity (Wildman–Crippen MR) is 144 cm³/mol. The molecular formula is C31H44N3+. The highest BCUT2D eigenvalue weighted by Crippen LogP contribution is 2.39. The second kappa shape index (κ2) is 9.34. The molecule has 1 saturated heterocycles. The maximum absolute atomic E-state index is 2.53. The maximum atomic E-state index is 2.53. The Balaban J connectivity index is 2.03. The molecule has 3 aromatic rings. The third-order valence-corrected chi connectivity index (χ3v) is 7.47. The minimum atomic E-state index is -0.0206. The van der Waals surface area contributed by atoms with Gasteiger partial charge < -0.3 is 4.90 Å². The Labute approximate surface area is 207 Å². The zero-order chi connectivity index (χ0) is 24.8. The number of likely N-dealkylation sites (N-methyl/N-ethyl adjacent to an activating group) is 1. The lowest BCUT2D eigenvalue weighted by Gasteiger charge is -2.23. The molecule has 4 rings (SSSR count). The molecule has 0 radical (unpaired) electrons. The molecule has 0 aliphatic carbocycles. The number of likely N-dealkylation sites (tertiary alicyclic amines) is 1. The summed E-state index contributed by atoms with van der Waals surface area (Å²) in [5.41, 5.74) is 8.41. The largest absolute Gasteiger partial charge is 0.306 e. The van der Waals surface area contributed by atoms with Gasteiger partial charge in [-0.2, -0.15) is 4.57 Å². The van der Waals surface area contributed by atoms with Crippen LogP contribution in [0.25, 0.3) is 17.1 Å². The fourth-order valence-corrected chi connectivity index (χ4v) is 5.50. The van der Waals surface area contributed by atoms with Gasteiger partial charge in [-0.05, 0) is 82.7 Å². The summed E-state index contributed by atoms with van der Waals surface area (Å²) < 4.78 is 4.94. The highest BCUT2D eigenvalue weighted by Gasteiger charge is 2.33. The van der Waals surface area contributed by atoms with Crippen LogP contribution in [0.15, 0.2) is 48.8 Å². The Hall–Kier alpha value is -2.39. The zero-order valence-electron chi connectivity index (χ0n) is 22.8. The van der Waals surface area contributed by atoms with E-state index >= 15 is 0 Å². The summed E-state index contributed by atoms with van der Waals surface area (Å²) in [7, 11) is 2.25. The molecule has 34 heavy (non-hydrogen) atoms. The van der Waals surface area contributed by atoms with Crippen LogP contribution >= 0.6 is 0 Å². The van der Waals surface area contributed by atoms with Gasteiger partial charge in [0.1, 0.15) is 23.6 Å². The van der Waals surface area contributed by atoms with Gasteiger partial charge in [-0.3, -0.25) is 0 Å². The molecule has 182 valence electrons. The van der Waals surface area contributed by atoms with E-state index in [9.17, 15) is 0 Å². The quantitative estimate of drug-likeness (QED) is 0.369. The van der Waals surface area contributed by atoms with E-state index in [1.807, 2.05) is 0 Å². The van der Waals surface area contributed by atoms with Gasteiger partial charge in [-0.1, -0.05) is 58.0 Å². The average molecular weight is 459 g/mol. The lowest BCUT2D eigenvalue weighted by molar-refractivity contribution is -0.743. The van der Waals surface area contributed by atoms with E-state index in [0.29, 0.717) is 17.8 Å². The standard InChI is InChI=1S/C31H44N3/c1-21(2)27-18-25(24-14-15-32(9)20-24)19-28(22(3)4)29(27)33-16-17-34(31(6,7)8)30(33)26-13-11-10-12-23(26)5/h10-13,16-19,21-22,24H,14-15,20H2,1-9H3/q+1. The third kappa shape index (κ3) is 4.60. The predicted octanol–water partition coefficient (Wildman–Crippen LogP) is 7.16. The van der Waals surface area contributed by atoms with E-state index in [1.54, 1.807) is 0 Å². The fraction of sp³-hybridized carbons (Fsp3) is 0.516. The monoisotopic (exact) mass is 458 g/mol. The smallest absolute Gasteiger partial charge is 0.294 e. The fourth-order valence-electron chi connectivity index (χ4n) is 5.50. The van der Waals surface area contributed by atoms with Gasteiger partial charge in [-0.25, -0.2) is 4.57 Å². The van der Waals surface area contributed by atoms with Crippen LogP contribution in [0.5, 0.6) is 0 Å². The lowest BCUT2D eigenvalue weighted by atomic mass is 9.86. The van der Waals surface area contributed by atoms with Crippen molar-refractivity contribution in [2.24, 2.45) is 0 Å². The van der Waals surface area contributed by atoms with Crippen LogP contribution in [0, 0.1) is 6.92 Å². The van der Waals surface area contributed by atoms with Gasteiger partial charge in [-0.15, -0.1) is 0 Å². The number of aromatic nitrogens is 2. The van der Waals surface area contributed by atoms with E-state index in [4.69, 9.17) is 0 Å². The normalized spacial score (nSPS) is 17.3. The number of hydrogen-bond donors (Lipinski definition) is 0. The molecule has 1 unspecified atom stereocenters. The van der Waals surface area contributed by atoms with Gasteiger partial charge in [0.15, 0.2) is 0 Å². The lowest BCUT2D eigenvalue weighted by Crippen LogP contribution is -2.50. The summed E-state index contributed by atoms with van der Waals surface area (Å²) >= 11 is 0. The first-order chi connectivity index (χ1) is 16.0. The minimum absolute atomic E-state index is 0.0206. The highest BCUT2D eigenvalue weighted by molar-refractivity contribution is 5.64. The summed E-state index contributed by atoms with van der Waals surface area (Å²) in [6, 6.07) is 13.9. The number of hydrogen-bond acceptors (Lipinski definition) is 1. The van der Waals surface area contributed by atoms with E-state index in [0.717, 1.165) is 6.54 Å². The molecule has 2 heterocycles. The van der Waals surface area contributed by atoms with Gasteiger partial charge in [0, 0.05) is 17.7 Å². The van der Waals surface area contributed by atoms with E-state index in [-0.39, 0.29) is 5.54 Å². The number of aryl methyl sites for hydroxylation is 1. The topological polar surface area (TPSA) is 12.1 Å². The Kier molecular flexibility index (Phi) is 6.79. The summed E-state index contributed by atoms with van der Waals surface area (Å²) in [5.74, 6) is 2.79. The Morgan fingerprint density at radius 3 is 2.09 bits per heavy atom. The Morgan fingerprint density at radius 1 is 0.971 bits per heavy atom. The molecule has 0 bridgehead atoms. The van der Waals surface area contributed by atoms with Crippen molar-refractivity contribution in [3.8, 4) is 17.1 Å². The van der Waals surface area contributed by atoms with Gasteiger partial charge >= 0.3 is 0 Å². The van der Waals surface area contributed by atoms with Crippen LogP contribution in [-0.2, 0) is 5.54 Å². The highest BCUT2D eigenvalue weighted by atomic mass is 15.2. The zero-order valence-corrected chi connectivity index (χ0v) is 22.8. The van der Waals surface area contributed by atoms with E-state index in [2.05, 4.69) is 125 Å². The molecular weight excluding hydrogens is 414 g/mol. The molecule has 3 heteroatoms. The summed E-state index contributed by atoms with van der Waals surface area (Å²) in [6.45, 7) is 20.9. The van der Waals surface area contributed by atoms with Crippen molar-refractivity contribution >= 4 is 0 Å².